The second-order valence-corrected chi connectivity index (χ2v) is 10.1. The van der Waals surface area contributed by atoms with Crippen molar-refractivity contribution in [1.82, 2.24) is 0 Å². The van der Waals surface area contributed by atoms with E-state index in [-0.39, 0.29) is 11.8 Å². The lowest BCUT2D eigenvalue weighted by Gasteiger charge is -2.32. The zero-order chi connectivity index (χ0) is 13.8. The minimum Gasteiger partial charge on any atom is -0.465 e. The van der Waals surface area contributed by atoms with Crippen molar-refractivity contribution in [2.45, 2.75) is 39.4 Å². The van der Waals surface area contributed by atoms with Gasteiger partial charge in [0.25, 0.3) is 0 Å². The number of esters is 1. The Labute approximate surface area is 109 Å². The average Bonchev–Trinajstić information content (AvgIpc) is 2.28. The van der Waals surface area contributed by atoms with E-state index in [1.807, 2.05) is 0 Å². The number of allylic oxidation sites excluding steroid dienone is 1. The van der Waals surface area contributed by atoms with E-state index in [0.717, 1.165) is 0 Å². The van der Waals surface area contributed by atoms with Crippen molar-refractivity contribution in [3.63, 3.8) is 0 Å². The lowest BCUT2D eigenvalue weighted by atomic mass is 9.79. The van der Waals surface area contributed by atoms with E-state index in [1.54, 1.807) is 13.0 Å². The van der Waals surface area contributed by atoms with Crippen LogP contribution in [0.2, 0.25) is 19.6 Å². The van der Waals surface area contributed by atoms with Crippen molar-refractivity contribution >= 4 is 20.1 Å². The Morgan fingerprint density at radius 3 is 2.56 bits per heavy atom. The van der Waals surface area contributed by atoms with Gasteiger partial charge in [-0.1, -0.05) is 6.08 Å². The van der Waals surface area contributed by atoms with E-state index >= 15 is 0 Å². The first-order valence-corrected chi connectivity index (χ1v) is 9.73. The summed E-state index contributed by atoms with van der Waals surface area (Å²) in [6, 6.07) is 0. The molecule has 0 fully saturated rings. The highest BCUT2D eigenvalue weighted by Crippen LogP contribution is 2.32. The molecule has 1 aliphatic carbocycles. The number of carbonyl (C=O) groups excluding carboxylic acids is 2. The van der Waals surface area contributed by atoms with E-state index in [1.165, 1.54) is 6.08 Å². The Morgan fingerprint density at radius 1 is 1.44 bits per heavy atom. The highest BCUT2D eigenvalue weighted by Gasteiger charge is 2.41. The van der Waals surface area contributed by atoms with Gasteiger partial charge in [0.15, 0.2) is 14.1 Å². The molecule has 18 heavy (non-hydrogen) atoms. The van der Waals surface area contributed by atoms with Crippen LogP contribution in [-0.4, -0.2) is 33.3 Å². The molecule has 0 saturated heterocycles. The Balaban J connectivity index is 2.85. The van der Waals surface area contributed by atoms with Crippen molar-refractivity contribution in [3.05, 3.63) is 12.2 Å². The number of hydrogen-bond donors (Lipinski definition) is 0. The molecule has 102 valence electrons. The molecule has 0 aromatic carbocycles. The molecule has 1 unspecified atom stereocenters. The molecule has 4 nitrogen and oxygen atoms in total. The average molecular weight is 270 g/mol. The van der Waals surface area contributed by atoms with Crippen LogP contribution >= 0.6 is 0 Å². The van der Waals surface area contributed by atoms with Crippen LogP contribution in [0.4, 0.5) is 0 Å². The Morgan fingerprint density at radius 2 is 2.11 bits per heavy atom. The summed E-state index contributed by atoms with van der Waals surface area (Å²) in [5.41, 5.74) is -0.774. The fourth-order valence-electron chi connectivity index (χ4n) is 1.73. The Bertz CT molecular complexity index is 356. The summed E-state index contributed by atoms with van der Waals surface area (Å²) < 4.78 is 11.0. The quantitative estimate of drug-likeness (QED) is 0.568. The van der Waals surface area contributed by atoms with Gasteiger partial charge in [-0.25, -0.2) is 0 Å². The molecule has 1 aliphatic rings. The second kappa shape index (κ2) is 5.80. The second-order valence-electron chi connectivity index (χ2n) is 5.58. The monoisotopic (exact) mass is 270 g/mol. The van der Waals surface area contributed by atoms with E-state index in [4.69, 9.17) is 9.16 Å². The maximum absolute atomic E-state index is 12.1. The van der Waals surface area contributed by atoms with E-state index in [9.17, 15) is 9.59 Å². The largest absolute Gasteiger partial charge is 0.465 e. The summed E-state index contributed by atoms with van der Waals surface area (Å²) in [7, 11) is -1.70. The smallest absolute Gasteiger partial charge is 0.318 e. The molecule has 0 heterocycles. The molecular weight excluding hydrogens is 248 g/mol. The summed E-state index contributed by atoms with van der Waals surface area (Å²) in [4.78, 5) is 23.4. The molecule has 1 atom stereocenters. The Kier molecular flexibility index (Phi) is 4.87. The number of ether oxygens (including phenoxy) is 1. The molecule has 0 aromatic rings. The SMILES string of the molecule is CCOC(=O)C1(CO[Si](C)(C)C)C=CC(=O)CC1. The van der Waals surface area contributed by atoms with Gasteiger partial charge in [-0.3, -0.25) is 9.59 Å². The zero-order valence-electron chi connectivity index (χ0n) is 11.6. The minimum atomic E-state index is -1.70. The number of rotatable bonds is 5. The van der Waals surface area contributed by atoms with Crippen molar-refractivity contribution in [1.29, 1.82) is 0 Å². The van der Waals surface area contributed by atoms with Gasteiger partial charge < -0.3 is 9.16 Å². The van der Waals surface area contributed by atoms with Crippen molar-refractivity contribution in [2.24, 2.45) is 5.41 Å². The Hall–Kier alpha value is -0.943. The first-order chi connectivity index (χ1) is 8.29. The van der Waals surface area contributed by atoms with Gasteiger partial charge in [-0.05, 0) is 39.1 Å². The number of carbonyl (C=O) groups is 2. The van der Waals surface area contributed by atoms with E-state index in [0.29, 0.717) is 26.1 Å². The molecule has 0 aliphatic heterocycles. The molecule has 0 bridgehead atoms. The van der Waals surface area contributed by atoms with Gasteiger partial charge in [-0.2, -0.15) is 0 Å². The summed E-state index contributed by atoms with van der Waals surface area (Å²) >= 11 is 0. The maximum atomic E-state index is 12.1. The van der Waals surface area contributed by atoms with Gasteiger partial charge in [0.1, 0.15) is 5.41 Å². The van der Waals surface area contributed by atoms with E-state index in [2.05, 4.69) is 19.6 Å². The lowest BCUT2D eigenvalue weighted by Crippen LogP contribution is -2.41. The van der Waals surface area contributed by atoms with Crippen molar-refractivity contribution < 1.29 is 18.8 Å². The van der Waals surface area contributed by atoms with Crippen LogP contribution in [0, 0.1) is 5.41 Å². The van der Waals surface area contributed by atoms with Crippen molar-refractivity contribution in [3.8, 4) is 0 Å². The minimum absolute atomic E-state index is 0.0583. The molecule has 5 heteroatoms. The third kappa shape index (κ3) is 4.06. The van der Waals surface area contributed by atoms with Gasteiger partial charge in [0.05, 0.1) is 13.2 Å². The molecule has 0 aromatic heterocycles. The molecule has 0 amide bonds. The molecule has 0 saturated carbocycles. The fourth-order valence-corrected chi connectivity index (χ4v) is 2.43. The summed E-state index contributed by atoms with van der Waals surface area (Å²) in [6.07, 6.45) is 4.00. The third-order valence-electron chi connectivity index (χ3n) is 2.85. The zero-order valence-corrected chi connectivity index (χ0v) is 12.6. The molecule has 0 N–H and O–H groups in total. The van der Waals surface area contributed by atoms with Gasteiger partial charge in [0, 0.05) is 6.42 Å². The third-order valence-corrected chi connectivity index (χ3v) is 3.86. The normalized spacial score (nSPS) is 24.1. The van der Waals surface area contributed by atoms with Crippen LogP contribution < -0.4 is 0 Å². The first kappa shape index (κ1) is 15.1. The van der Waals surface area contributed by atoms with Crippen LogP contribution in [0.1, 0.15) is 19.8 Å². The molecule has 0 spiro atoms. The van der Waals surface area contributed by atoms with Crippen LogP contribution in [-0.2, 0) is 18.8 Å². The number of ketones is 1. The predicted octanol–water partition coefficient (Wildman–Crippen LogP) is 2.31. The van der Waals surface area contributed by atoms with Gasteiger partial charge >= 0.3 is 5.97 Å². The van der Waals surface area contributed by atoms with Crippen LogP contribution in [0.3, 0.4) is 0 Å². The fraction of sp³-hybridized carbons (Fsp3) is 0.692. The highest BCUT2D eigenvalue weighted by atomic mass is 28.4. The highest BCUT2D eigenvalue weighted by molar-refractivity contribution is 6.69. The summed E-state index contributed by atoms with van der Waals surface area (Å²) in [5, 5.41) is 0. The topological polar surface area (TPSA) is 52.6 Å². The first-order valence-electron chi connectivity index (χ1n) is 6.32. The predicted molar refractivity (Wildman–Crippen MR) is 71.7 cm³/mol. The summed E-state index contributed by atoms with van der Waals surface area (Å²) in [6.45, 7) is 8.65. The standard InChI is InChI=1S/C13H22O4Si/c1-5-16-12(15)13(10-17-18(2,3)4)8-6-11(14)7-9-13/h6,8H,5,7,9-10H2,1-4H3. The van der Waals surface area contributed by atoms with Crippen LogP contribution in [0.5, 0.6) is 0 Å². The van der Waals surface area contributed by atoms with E-state index < -0.39 is 13.7 Å². The summed E-state index contributed by atoms with van der Waals surface area (Å²) in [5.74, 6) is -0.227. The molecule has 0 radical (unpaired) electrons. The van der Waals surface area contributed by atoms with Gasteiger partial charge in [0.2, 0.25) is 0 Å². The lowest BCUT2D eigenvalue weighted by molar-refractivity contribution is -0.155. The van der Waals surface area contributed by atoms with Gasteiger partial charge in [-0.15, -0.1) is 0 Å². The van der Waals surface area contributed by atoms with Crippen LogP contribution in [0.15, 0.2) is 12.2 Å². The maximum Gasteiger partial charge on any atom is 0.318 e. The van der Waals surface area contributed by atoms with Crippen molar-refractivity contribution in [2.75, 3.05) is 13.2 Å². The number of hydrogen-bond acceptors (Lipinski definition) is 4. The molecular formula is C13H22O4Si. The molecule has 1 rings (SSSR count). The van der Waals surface area contributed by atoms with Crippen LogP contribution in [0.25, 0.3) is 0 Å².